The van der Waals surface area contributed by atoms with Crippen LogP contribution in [0.15, 0.2) is 50.8 Å². The predicted molar refractivity (Wildman–Crippen MR) is 95.1 cm³/mol. The number of hydrogen-bond acceptors (Lipinski definition) is 5. The number of nitrogens with zero attached hydrogens (tertiary/aromatic N) is 2. The lowest BCUT2D eigenvalue weighted by Crippen LogP contribution is -2.30. The van der Waals surface area contributed by atoms with E-state index >= 15 is 0 Å². The highest BCUT2D eigenvalue weighted by molar-refractivity contribution is 7.89. The standard InChI is InChI=1S/C17H21N3O4S/c1-4-20(5-2)25(22,23)16-8-6-7-14(11-16)17(21)19-18-12-15-10-9-13(3)24-15/h6-12H,4-5H2,1-3H3,(H,19,21)/b18-12-. The van der Waals surface area contributed by atoms with Crippen molar-refractivity contribution in [2.75, 3.05) is 13.1 Å². The lowest BCUT2D eigenvalue weighted by atomic mass is 10.2. The second-order valence-electron chi connectivity index (χ2n) is 5.26. The van der Waals surface area contributed by atoms with Crippen molar-refractivity contribution in [3.8, 4) is 0 Å². The summed E-state index contributed by atoms with van der Waals surface area (Å²) in [5.41, 5.74) is 2.56. The fourth-order valence-corrected chi connectivity index (χ4v) is 3.76. The number of rotatable bonds is 7. The molecule has 0 aliphatic carbocycles. The normalized spacial score (nSPS) is 12.0. The molecular weight excluding hydrogens is 342 g/mol. The van der Waals surface area contributed by atoms with Crippen LogP contribution in [-0.2, 0) is 10.0 Å². The molecule has 2 rings (SSSR count). The van der Waals surface area contributed by atoms with Gasteiger partial charge in [0.25, 0.3) is 5.91 Å². The first-order valence-electron chi connectivity index (χ1n) is 7.88. The summed E-state index contributed by atoms with van der Waals surface area (Å²) in [6, 6.07) is 9.38. The first kappa shape index (κ1) is 18.9. The number of benzene rings is 1. The third kappa shape index (κ3) is 4.55. The molecule has 0 saturated carbocycles. The third-order valence-corrected chi connectivity index (χ3v) is 5.60. The topological polar surface area (TPSA) is 92.0 Å². The number of carbonyl (C=O) groups is 1. The molecule has 0 aliphatic heterocycles. The largest absolute Gasteiger partial charge is 0.460 e. The third-order valence-electron chi connectivity index (χ3n) is 3.56. The molecule has 0 unspecified atom stereocenters. The zero-order valence-electron chi connectivity index (χ0n) is 14.4. The maximum atomic E-state index is 12.5. The van der Waals surface area contributed by atoms with Crippen molar-refractivity contribution in [2.45, 2.75) is 25.7 Å². The number of sulfonamides is 1. The number of hydrogen-bond donors (Lipinski definition) is 1. The molecule has 134 valence electrons. The minimum Gasteiger partial charge on any atom is -0.460 e. The van der Waals surface area contributed by atoms with Gasteiger partial charge in [0.15, 0.2) is 0 Å². The van der Waals surface area contributed by atoms with Crippen LogP contribution in [0, 0.1) is 6.92 Å². The van der Waals surface area contributed by atoms with Gasteiger partial charge in [-0.1, -0.05) is 19.9 Å². The molecule has 0 radical (unpaired) electrons. The summed E-state index contributed by atoms with van der Waals surface area (Å²) < 4.78 is 31.7. The molecule has 1 aromatic heterocycles. The molecule has 25 heavy (non-hydrogen) atoms. The first-order chi connectivity index (χ1) is 11.9. The highest BCUT2D eigenvalue weighted by Gasteiger charge is 2.22. The second-order valence-corrected chi connectivity index (χ2v) is 7.20. The Morgan fingerprint density at radius 2 is 1.96 bits per heavy atom. The lowest BCUT2D eigenvalue weighted by Gasteiger charge is -2.18. The van der Waals surface area contributed by atoms with Gasteiger partial charge < -0.3 is 4.42 Å². The molecule has 0 aliphatic rings. The van der Waals surface area contributed by atoms with Crippen molar-refractivity contribution >= 4 is 22.1 Å². The van der Waals surface area contributed by atoms with Gasteiger partial charge in [-0.15, -0.1) is 0 Å². The van der Waals surface area contributed by atoms with Gasteiger partial charge in [-0.2, -0.15) is 9.41 Å². The summed E-state index contributed by atoms with van der Waals surface area (Å²) in [7, 11) is -3.62. The number of amides is 1. The number of furan rings is 1. The quantitative estimate of drug-likeness (QED) is 0.604. The van der Waals surface area contributed by atoms with Crippen molar-refractivity contribution in [1.29, 1.82) is 0 Å². The zero-order chi connectivity index (χ0) is 18.4. The molecule has 1 N–H and O–H groups in total. The monoisotopic (exact) mass is 363 g/mol. The summed E-state index contributed by atoms with van der Waals surface area (Å²) in [5.74, 6) is 0.744. The predicted octanol–water partition coefficient (Wildman–Crippen LogP) is 2.38. The van der Waals surface area contributed by atoms with E-state index in [0.717, 1.165) is 5.76 Å². The molecule has 0 atom stereocenters. The van der Waals surface area contributed by atoms with Crippen LogP contribution in [0.4, 0.5) is 0 Å². The van der Waals surface area contributed by atoms with Gasteiger partial charge in [-0.05, 0) is 37.3 Å². The van der Waals surface area contributed by atoms with Crippen molar-refractivity contribution in [3.63, 3.8) is 0 Å². The molecule has 0 bridgehead atoms. The van der Waals surface area contributed by atoms with Crippen LogP contribution in [0.2, 0.25) is 0 Å². The van der Waals surface area contributed by atoms with Crippen LogP contribution in [0.3, 0.4) is 0 Å². The highest BCUT2D eigenvalue weighted by atomic mass is 32.2. The Labute approximate surface area is 147 Å². The maximum Gasteiger partial charge on any atom is 0.271 e. The van der Waals surface area contributed by atoms with Crippen molar-refractivity contribution in [1.82, 2.24) is 9.73 Å². The van der Waals surface area contributed by atoms with E-state index in [2.05, 4.69) is 10.5 Å². The van der Waals surface area contributed by atoms with Gasteiger partial charge in [-0.25, -0.2) is 13.8 Å². The lowest BCUT2D eigenvalue weighted by molar-refractivity contribution is 0.0955. The minimum absolute atomic E-state index is 0.0782. The van der Waals surface area contributed by atoms with E-state index in [1.165, 1.54) is 34.8 Å². The summed E-state index contributed by atoms with van der Waals surface area (Å²) in [4.78, 5) is 12.2. The molecule has 0 fully saturated rings. The Bertz CT molecular complexity index is 868. The van der Waals surface area contributed by atoms with E-state index in [1.54, 1.807) is 32.9 Å². The van der Waals surface area contributed by atoms with Crippen LogP contribution in [0.5, 0.6) is 0 Å². The van der Waals surface area contributed by atoms with E-state index in [9.17, 15) is 13.2 Å². The van der Waals surface area contributed by atoms with Crippen LogP contribution in [0.1, 0.15) is 35.7 Å². The Morgan fingerprint density at radius 3 is 2.56 bits per heavy atom. The Kier molecular flexibility index (Phi) is 6.11. The molecule has 0 saturated heterocycles. The summed E-state index contributed by atoms with van der Waals surface area (Å²) >= 11 is 0. The Hall–Kier alpha value is -2.45. The van der Waals surface area contributed by atoms with Crippen LogP contribution in [0.25, 0.3) is 0 Å². The fraction of sp³-hybridized carbons (Fsp3) is 0.294. The van der Waals surface area contributed by atoms with E-state index in [0.29, 0.717) is 18.8 Å². The van der Waals surface area contributed by atoms with Gasteiger partial charge in [-0.3, -0.25) is 4.79 Å². The van der Waals surface area contributed by atoms with E-state index in [1.807, 2.05) is 0 Å². The SMILES string of the molecule is CCN(CC)S(=O)(=O)c1cccc(C(=O)N/N=C\c2ccc(C)o2)c1. The van der Waals surface area contributed by atoms with Crippen molar-refractivity contribution in [2.24, 2.45) is 5.10 Å². The molecule has 7 nitrogen and oxygen atoms in total. The van der Waals surface area contributed by atoms with E-state index in [4.69, 9.17) is 4.42 Å². The molecule has 2 aromatic rings. The number of hydrazone groups is 1. The van der Waals surface area contributed by atoms with Gasteiger partial charge in [0.1, 0.15) is 11.5 Å². The van der Waals surface area contributed by atoms with Gasteiger partial charge >= 0.3 is 0 Å². The molecule has 1 aromatic carbocycles. The van der Waals surface area contributed by atoms with E-state index < -0.39 is 15.9 Å². The summed E-state index contributed by atoms with van der Waals surface area (Å²) in [5, 5.41) is 3.81. The van der Waals surface area contributed by atoms with Crippen LogP contribution < -0.4 is 5.43 Å². The van der Waals surface area contributed by atoms with Crippen LogP contribution >= 0.6 is 0 Å². The molecule has 0 spiro atoms. The zero-order valence-corrected chi connectivity index (χ0v) is 15.2. The first-order valence-corrected chi connectivity index (χ1v) is 9.32. The minimum atomic E-state index is -3.62. The van der Waals surface area contributed by atoms with Crippen molar-refractivity contribution in [3.05, 3.63) is 53.5 Å². The number of carbonyl (C=O) groups excluding carboxylic acids is 1. The van der Waals surface area contributed by atoms with E-state index in [-0.39, 0.29) is 10.5 Å². The van der Waals surface area contributed by atoms with Gasteiger partial charge in [0, 0.05) is 18.7 Å². The van der Waals surface area contributed by atoms with Crippen molar-refractivity contribution < 1.29 is 17.6 Å². The molecule has 1 amide bonds. The Balaban J connectivity index is 2.15. The number of aryl methyl sites for hydroxylation is 1. The Morgan fingerprint density at radius 1 is 1.24 bits per heavy atom. The second kappa shape index (κ2) is 8.09. The van der Waals surface area contributed by atoms with Crippen LogP contribution in [-0.4, -0.2) is 37.9 Å². The van der Waals surface area contributed by atoms with Gasteiger partial charge in [0.2, 0.25) is 10.0 Å². The summed E-state index contributed by atoms with van der Waals surface area (Å²) in [6.45, 7) is 6.06. The average molecular weight is 363 g/mol. The fourth-order valence-electron chi connectivity index (χ4n) is 2.25. The smallest absolute Gasteiger partial charge is 0.271 e. The van der Waals surface area contributed by atoms with Gasteiger partial charge in [0.05, 0.1) is 11.1 Å². The highest BCUT2D eigenvalue weighted by Crippen LogP contribution is 2.17. The average Bonchev–Trinajstić information content (AvgIpc) is 3.01. The maximum absolute atomic E-state index is 12.5. The molecule has 8 heteroatoms. The molecule has 1 heterocycles. The molecular formula is C17H21N3O4S. The number of nitrogens with one attached hydrogen (secondary N) is 1. The summed E-state index contributed by atoms with van der Waals surface area (Å²) in [6.07, 6.45) is 1.38.